The Bertz CT molecular complexity index is 735. The van der Waals surface area contributed by atoms with E-state index < -0.39 is 0 Å². The van der Waals surface area contributed by atoms with Gasteiger partial charge in [0.05, 0.1) is 5.52 Å². The van der Waals surface area contributed by atoms with Crippen LogP contribution in [0.25, 0.3) is 22.0 Å². The average molecular weight is 290 g/mol. The van der Waals surface area contributed by atoms with Gasteiger partial charge < -0.3 is 0 Å². The van der Waals surface area contributed by atoms with Crippen LogP contribution >= 0.6 is 0 Å². The van der Waals surface area contributed by atoms with Crippen LogP contribution in [-0.4, -0.2) is 9.97 Å². The maximum absolute atomic E-state index is 4.50. The Balaban J connectivity index is 1.92. The number of unbranched alkanes of at least 4 members (excludes halogenated alkanes) is 3. The molecule has 2 nitrogen and oxygen atoms in total. The fraction of sp³-hybridized carbons (Fsp3) is 0.300. The van der Waals surface area contributed by atoms with Crippen LogP contribution in [-0.2, 0) is 6.42 Å². The van der Waals surface area contributed by atoms with E-state index in [4.69, 9.17) is 0 Å². The van der Waals surface area contributed by atoms with Gasteiger partial charge in [-0.1, -0.05) is 38.3 Å². The summed E-state index contributed by atoms with van der Waals surface area (Å²) in [7, 11) is 0. The maximum Gasteiger partial charge on any atom is 0.0708 e. The molecular formula is C20H22N2. The Labute approximate surface area is 132 Å². The van der Waals surface area contributed by atoms with E-state index in [9.17, 15) is 0 Å². The second-order valence-electron chi connectivity index (χ2n) is 5.76. The lowest BCUT2D eigenvalue weighted by Gasteiger charge is -2.08. The minimum Gasteiger partial charge on any atom is -0.264 e. The van der Waals surface area contributed by atoms with Gasteiger partial charge >= 0.3 is 0 Å². The van der Waals surface area contributed by atoms with E-state index in [1.165, 1.54) is 42.2 Å². The molecule has 0 bridgehead atoms. The van der Waals surface area contributed by atoms with Gasteiger partial charge in [-0.15, -0.1) is 0 Å². The first kappa shape index (κ1) is 14.7. The molecule has 0 aliphatic carbocycles. The van der Waals surface area contributed by atoms with Crippen LogP contribution in [0.1, 0.15) is 38.2 Å². The SMILES string of the molecule is CCCCCCc1ccc2nccc(-c3cccnc3)c2c1. The fourth-order valence-electron chi connectivity index (χ4n) is 2.88. The molecule has 0 fully saturated rings. The molecular weight excluding hydrogens is 268 g/mol. The molecule has 0 amide bonds. The van der Waals surface area contributed by atoms with Crippen LogP contribution in [0.4, 0.5) is 0 Å². The maximum atomic E-state index is 4.50. The monoisotopic (exact) mass is 290 g/mol. The summed E-state index contributed by atoms with van der Waals surface area (Å²) in [6.07, 6.45) is 12.0. The first-order valence-corrected chi connectivity index (χ1v) is 8.16. The van der Waals surface area contributed by atoms with Crippen molar-refractivity contribution in [2.24, 2.45) is 0 Å². The van der Waals surface area contributed by atoms with E-state index in [1.807, 2.05) is 24.7 Å². The van der Waals surface area contributed by atoms with Gasteiger partial charge in [0.15, 0.2) is 0 Å². The van der Waals surface area contributed by atoms with Crippen molar-refractivity contribution >= 4 is 10.9 Å². The number of rotatable bonds is 6. The topological polar surface area (TPSA) is 25.8 Å². The quantitative estimate of drug-likeness (QED) is 0.566. The number of fused-ring (bicyclic) bond motifs is 1. The van der Waals surface area contributed by atoms with Crippen molar-refractivity contribution in [1.29, 1.82) is 0 Å². The van der Waals surface area contributed by atoms with Gasteiger partial charge in [-0.2, -0.15) is 0 Å². The zero-order valence-electron chi connectivity index (χ0n) is 13.1. The van der Waals surface area contributed by atoms with Gasteiger partial charge in [-0.05, 0) is 48.2 Å². The lowest BCUT2D eigenvalue weighted by molar-refractivity contribution is 0.667. The first-order chi connectivity index (χ1) is 10.9. The van der Waals surface area contributed by atoms with Gasteiger partial charge in [-0.25, -0.2) is 0 Å². The fourth-order valence-corrected chi connectivity index (χ4v) is 2.88. The summed E-state index contributed by atoms with van der Waals surface area (Å²) in [4.78, 5) is 8.74. The molecule has 112 valence electrons. The highest BCUT2D eigenvalue weighted by atomic mass is 14.6. The minimum absolute atomic E-state index is 1.05. The van der Waals surface area contributed by atoms with Gasteiger partial charge in [-0.3, -0.25) is 9.97 Å². The van der Waals surface area contributed by atoms with E-state index in [0.29, 0.717) is 0 Å². The number of benzene rings is 1. The smallest absolute Gasteiger partial charge is 0.0708 e. The lowest BCUT2D eigenvalue weighted by atomic mass is 9.99. The van der Waals surface area contributed by atoms with Gasteiger partial charge in [0.1, 0.15) is 0 Å². The predicted octanol–water partition coefficient (Wildman–Crippen LogP) is 5.42. The molecule has 0 unspecified atom stereocenters. The van der Waals surface area contributed by atoms with Gasteiger partial charge in [0, 0.05) is 29.5 Å². The molecule has 3 rings (SSSR count). The standard InChI is InChI=1S/C20H22N2/c1-2-3-4-5-7-16-9-10-20-19(14-16)18(11-13-22-20)17-8-6-12-21-15-17/h6,8-15H,2-5,7H2,1H3. The van der Waals surface area contributed by atoms with E-state index >= 15 is 0 Å². The molecule has 2 heteroatoms. The Hall–Kier alpha value is -2.22. The number of aromatic nitrogens is 2. The van der Waals surface area contributed by atoms with E-state index in [0.717, 1.165) is 17.5 Å². The van der Waals surface area contributed by atoms with Gasteiger partial charge in [0.2, 0.25) is 0 Å². The van der Waals surface area contributed by atoms with Gasteiger partial charge in [0.25, 0.3) is 0 Å². The van der Waals surface area contributed by atoms with E-state index in [-0.39, 0.29) is 0 Å². The normalized spacial score (nSPS) is 11.0. The van der Waals surface area contributed by atoms with Crippen LogP contribution in [0.5, 0.6) is 0 Å². The molecule has 2 heterocycles. The molecule has 0 aliphatic rings. The molecule has 0 saturated heterocycles. The molecule has 3 aromatic rings. The first-order valence-electron chi connectivity index (χ1n) is 8.16. The summed E-state index contributed by atoms with van der Waals surface area (Å²) < 4.78 is 0. The van der Waals surface area contributed by atoms with Crippen LogP contribution in [0.15, 0.2) is 55.0 Å². The van der Waals surface area contributed by atoms with Crippen molar-refractivity contribution in [2.45, 2.75) is 39.0 Å². The summed E-state index contributed by atoms with van der Waals surface area (Å²) >= 11 is 0. The Morgan fingerprint density at radius 1 is 0.955 bits per heavy atom. The molecule has 0 N–H and O–H groups in total. The third-order valence-electron chi connectivity index (χ3n) is 4.10. The largest absolute Gasteiger partial charge is 0.264 e. The molecule has 0 saturated carbocycles. The Kier molecular flexibility index (Phi) is 4.79. The molecule has 0 spiro atoms. The van der Waals surface area contributed by atoms with Crippen molar-refractivity contribution in [3.8, 4) is 11.1 Å². The van der Waals surface area contributed by atoms with E-state index in [2.05, 4.69) is 47.2 Å². The number of nitrogens with zero attached hydrogens (tertiary/aromatic N) is 2. The second-order valence-corrected chi connectivity index (χ2v) is 5.76. The van der Waals surface area contributed by atoms with Crippen molar-refractivity contribution in [3.63, 3.8) is 0 Å². The minimum atomic E-state index is 1.05. The summed E-state index contributed by atoms with van der Waals surface area (Å²) in [5.74, 6) is 0. The van der Waals surface area contributed by atoms with Crippen molar-refractivity contribution in [3.05, 3.63) is 60.6 Å². The zero-order valence-corrected chi connectivity index (χ0v) is 13.1. The Morgan fingerprint density at radius 2 is 1.91 bits per heavy atom. The van der Waals surface area contributed by atoms with Crippen LogP contribution in [0.2, 0.25) is 0 Å². The molecule has 0 aliphatic heterocycles. The summed E-state index contributed by atoms with van der Waals surface area (Å²) in [6, 6.07) is 12.8. The number of hydrogen-bond acceptors (Lipinski definition) is 2. The van der Waals surface area contributed by atoms with Crippen molar-refractivity contribution in [2.75, 3.05) is 0 Å². The van der Waals surface area contributed by atoms with E-state index in [1.54, 1.807) is 0 Å². The average Bonchev–Trinajstić information content (AvgIpc) is 2.59. The highest BCUT2D eigenvalue weighted by molar-refractivity contribution is 5.94. The van der Waals surface area contributed by atoms with Crippen LogP contribution in [0, 0.1) is 0 Å². The van der Waals surface area contributed by atoms with Crippen LogP contribution in [0.3, 0.4) is 0 Å². The van der Waals surface area contributed by atoms with Crippen LogP contribution < -0.4 is 0 Å². The summed E-state index contributed by atoms with van der Waals surface area (Å²) in [6.45, 7) is 2.25. The summed E-state index contributed by atoms with van der Waals surface area (Å²) in [5, 5.41) is 1.23. The predicted molar refractivity (Wildman–Crippen MR) is 92.8 cm³/mol. The third kappa shape index (κ3) is 3.33. The van der Waals surface area contributed by atoms with Crippen molar-refractivity contribution < 1.29 is 0 Å². The highest BCUT2D eigenvalue weighted by Crippen LogP contribution is 2.28. The highest BCUT2D eigenvalue weighted by Gasteiger charge is 2.06. The lowest BCUT2D eigenvalue weighted by Crippen LogP contribution is -1.90. The zero-order chi connectivity index (χ0) is 15.2. The molecule has 22 heavy (non-hydrogen) atoms. The molecule has 0 radical (unpaired) electrons. The number of aryl methyl sites for hydroxylation is 1. The number of pyridine rings is 2. The Morgan fingerprint density at radius 3 is 2.73 bits per heavy atom. The molecule has 1 aromatic carbocycles. The summed E-state index contributed by atoms with van der Waals surface area (Å²) in [5.41, 5.74) is 4.83. The second kappa shape index (κ2) is 7.17. The molecule has 0 atom stereocenters. The van der Waals surface area contributed by atoms with Crippen molar-refractivity contribution in [1.82, 2.24) is 9.97 Å². The third-order valence-corrected chi connectivity index (χ3v) is 4.10. The number of hydrogen-bond donors (Lipinski definition) is 0. The molecule has 2 aromatic heterocycles.